The first-order valence-corrected chi connectivity index (χ1v) is 16.4. The van der Waals surface area contributed by atoms with Crippen LogP contribution in [-0.2, 0) is 20.2 Å². The lowest BCUT2D eigenvalue weighted by Crippen LogP contribution is -2.19. The Labute approximate surface area is 239 Å². The maximum Gasteiger partial charge on any atom is 0.294 e. The summed E-state index contributed by atoms with van der Waals surface area (Å²) in [6, 6.07) is 6.20. The van der Waals surface area contributed by atoms with Gasteiger partial charge in [-0.25, -0.2) is 4.58 Å². The van der Waals surface area contributed by atoms with Gasteiger partial charge in [-0.05, 0) is 80.9 Å². The molecule has 2 rings (SSSR count). The molecule has 0 aromatic heterocycles. The number of hydrogen-bond acceptors (Lipinski definition) is 5. The molecule has 0 saturated carbocycles. The van der Waals surface area contributed by atoms with Crippen LogP contribution in [0.3, 0.4) is 0 Å². The summed E-state index contributed by atoms with van der Waals surface area (Å²) in [5.74, 6) is 1.81. The fourth-order valence-corrected chi connectivity index (χ4v) is 5.68. The van der Waals surface area contributed by atoms with E-state index in [1.54, 1.807) is 0 Å². The summed E-state index contributed by atoms with van der Waals surface area (Å²) >= 11 is 0. The lowest BCUT2D eigenvalue weighted by molar-refractivity contribution is -0.520. The molecule has 1 aromatic rings. The highest BCUT2D eigenvalue weighted by molar-refractivity contribution is 7.91. The molecule has 0 saturated heterocycles. The van der Waals surface area contributed by atoms with Crippen molar-refractivity contribution < 1.29 is 35.3 Å². The smallest absolute Gasteiger partial charge is 0.294 e. The van der Waals surface area contributed by atoms with Crippen LogP contribution in [0.4, 0.5) is 0 Å². The molecule has 1 aromatic carbocycles. The average Bonchev–Trinajstić information content (AvgIpc) is 2.87. The van der Waals surface area contributed by atoms with Crippen molar-refractivity contribution in [2.75, 3.05) is 13.1 Å². The molecule has 0 bridgehead atoms. The third-order valence-electron chi connectivity index (χ3n) is 7.11. The molecule has 1 atom stereocenters. The molecular formula is C30H42NO7S2+. The van der Waals surface area contributed by atoms with E-state index in [0.29, 0.717) is 23.5 Å². The van der Waals surface area contributed by atoms with E-state index >= 15 is 0 Å². The summed E-state index contributed by atoms with van der Waals surface area (Å²) in [6.07, 6.45) is 8.64. The molecule has 0 radical (unpaired) electrons. The Kier molecular flexibility index (Phi) is 11.9. The zero-order chi connectivity index (χ0) is 30.3. The van der Waals surface area contributed by atoms with Gasteiger partial charge in [0, 0.05) is 18.6 Å². The standard InChI is InChI=1S/C30H41NO7S2/c1-8-13-24(9-2)25-16-17-28-27(15-12-14-26(40(35,36)37)19-22(6)39(32,33)34)23(7)29(38-30(28)20-25)18-21(5)31(10-3)11-4/h12,14,16-20,24H,6,8-11,13,15H2,1-5,7H3,(H-,32,33,34,35,36,37)/p+1. The van der Waals surface area contributed by atoms with E-state index in [4.69, 9.17) is 9.29 Å². The first-order chi connectivity index (χ1) is 18.7. The molecule has 2 N–H and O–H groups in total. The van der Waals surface area contributed by atoms with E-state index in [1.165, 1.54) is 11.6 Å². The van der Waals surface area contributed by atoms with E-state index in [9.17, 15) is 21.4 Å². The number of allylic oxidation sites excluding steroid dienone is 6. The van der Waals surface area contributed by atoms with E-state index in [2.05, 4.69) is 51.0 Å². The van der Waals surface area contributed by atoms with E-state index in [1.807, 2.05) is 26.0 Å². The molecule has 40 heavy (non-hydrogen) atoms. The largest absolute Gasteiger partial charge is 0.456 e. The summed E-state index contributed by atoms with van der Waals surface area (Å²) in [7, 11) is -9.51. The summed E-state index contributed by atoms with van der Waals surface area (Å²) in [5, 5.41) is 0. The number of fused-ring (bicyclic) bond motifs is 1. The molecule has 0 spiro atoms. The molecule has 10 heteroatoms. The van der Waals surface area contributed by atoms with E-state index in [0.717, 1.165) is 60.8 Å². The first kappa shape index (κ1) is 33.4. The Bertz CT molecular complexity index is 1490. The van der Waals surface area contributed by atoms with Gasteiger partial charge in [0.2, 0.25) is 0 Å². The topological polar surface area (TPSA) is 121 Å². The maximum atomic E-state index is 11.9. The van der Waals surface area contributed by atoms with Gasteiger partial charge in [0.1, 0.15) is 24.6 Å². The minimum atomic E-state index is -4.79. The van der Waals surface area contributed by atoms with Crippen molar-refractivity contribution in [2.45, 2.75) is 73.1 Å². The van der Waals surface area contributed by atoms with E-state index < -0.39 is 30.0 Å². The Morgan fingerprint density at radius 2 is 1.73 bits per heavy atom. The van der Waals surface area contributed by atoms with Crippen LogP contribution in [0.2, 0.25) is 0 Å². The Balaban J connectivity index is 2.67. The third-order valence-corrected chi connectivity index (χ3v) is 8.74. The number of hydrogen-bond donors (Lipinski definition) is 2. The van der Waals surface area contributed by atoms with E-state index in [-0.39, 0.29) is 6.42 Å². The average molecular weight is 593 g/mol. The number of ether oxygens (including phenoxy) is 1. The maximum absolute atomic E-state index is 11.9. The highest BCUT2D eigenvalue weighted by atomic mass is 32.2. The Morgan fingerprint density at radius 3 is 2.25 bits per heavy atom. The fourth-order valence-electron chi connectivity index (χ4n) is 4.77. The van der Waals surface area contributed by atoms with Gasteiger partial charge in [-0.15, -0.1) is 0 Å². The minimum absolute atomic E-state index is 0.264. The predicted octanol–water partition coefficient (Wildman–Crippen LogP) is 6.66. The van der Waals surface area contributed by atoms with Crippen LogP contribution < -0.4 is 4.74 Å². The van der Waals surface area contributed by atoms with Crippen LogP contribution in [0.5, 0.6) is 5.75 Å². The summed E-state index contributed by atoms with van der Waals surface area (Å²) in [5.41, 5.74) is 4.88. The number of nitrogens with zero attached hydrogens (tertiary/aromatic N) is 1. The van der Waals surface area contributed by atoms with Crippen LogP contribution in [0.15, 0.2) is 70.2 Å². The molecule has 0 fully saturated rings. The number of rotatable bonds is 13. The molecular weight excluding hydrogens is 550 g/mol. The van der Waals surface area contributed by atoms with Gasteiger partial charge in [-0.2, -0.15) is 16.8 Å². The van der Waals surface area contributed by atoms with Crippen molar-refractivity contribution >= 4 is 31.5 Å². The van der Waals surface area contributed by atoms with Gasteiger partial charge >= 0.3 is 0 Å². The second-order valence-corrected chi connectivity index (χ2v) is 12.6. The SMILES string of the molecule is C=C(C=C(C=CCC1=C(C)C(=CC(C)=[N+](CC)CC)Oc2cc(C(CC)CCC)ccc21)S(=O)(=O)O)S(=O)(=O)O. The quantitative estimate of drug-likeness (QED) is 0.114. The van der Waals surface area contributed by atoms with Crippen LogP contribution in [0, 0.1) is 0 Å². The normalized spacial score (nSPS) is 16.2. The minimum Gasteiger partial charge on any atom is -0.456 e. The van der Waals surface area contributed by atoms with Gasteiger partial charge in [0.25, 0.3) is 20.2 Å². The summed E-state index contributed by atoms with van der Waals surface area (Å²) < 4.78 is 73.9. The zero-order valence-corrected chi connectivity index (χ0v) is 25.9. The molecule has 0 aliphatic carbocycles. The molecule has 220 valence electrons. The van der Waals surface area contributed by atoms with Crippen molar-refractivity contribution in [1.29, 1.82) is 0 Å². The molecule has 0 amide bonds. The van der Waals surface area contributed by atoms with Crippen molar-refractivity contribution in [1.82, 2.24) is 0 Å². The molecule has 8 nitrogen and oxygen atoms in total. The van der Waals surface area contributed by atoms with Gasteiger partial charge in [-0.3, -0.25) is 9.11 Å². The third kappa shape index (κ3) is 8.60. The molecule has 1 aliphatic heterocycles. The molecule has 1 heterocycles. The first-order valence-electron chi connectivity index (χ1n) is 13.5. The lowest BCUT2D eigenvalue weighted by atomic mass is 9.87. The second-order valence-electron chi connectivity index (χ2n) is 9.75. The van der Waals surface area contributed by atoms with Crippen LogP contribution in [-0.4, -0.2) is 49.3 Å². The monoisotopic (exact) mass is 592 g/mol. The molecule has 1 aliphatic rings. The highest BCUT2D eigenvalue weighted by Gasteiger charge is 2.24. The van der Waals surface area contributed by atoms with Crippen LogP contribution in [0.25, 0.3) is 5.57 Å². The van der Waals surface area contributed by atoms with Gasteiger partial charge in [0.15, 0.2) is 5.71 Å². The van der Waals surface area contributed by atoms with Crippen molar-refractivity contribution in [3.8, 4) is 5.75 Å². The van der Waals surface area contributed by atoms with Crippen LogP contribution in [0.1, 0.15) is 84.3 Å². The molecule has 1 unspecified atom stereocenters. The Hall–Kier alpha value is -2.79. The summed E-state index contributed by atoms with van der Waals surface area (Å²) in [4.78, 5) is -1.56. The highest BCUT2D eigenvalue weighted by Crippen LogP contribution is 2.42. The lowest BCUT2D eigenvalue weighted by Gasteiger charge is -2.26. The van der Waals surface area contributed by atoms with Crippen molar-refractivity contribution in [3.05, 3.63) is 81.4 Å². The zero-order valence-electron chi connectivity index (χ0n) is 24.3. The van der Waals surface area contributed by atoms with Gasteiger partial charge in [0.05, 0.1) is 9.81 Å². The second kappa shape index (κ2) is 14.2. The predicted molar refractivity (Wildman–Crippen MR) is 162 cm³/mol. The van der Waals surface area contributed by atoms with Crippen molar-refractivity contribution in [2.24, 2.45) is 0 Å². The Morgan fingerprint density at radius 1 is 1.07 bits per heavy atom. The fraction of sp³-hybridized carbons (Fsp3) is 0.433. The summed E-state index contributed by atoms with van der Waals surface area (Å²) in [6.45, 7) is 17.3. The number of benzene rings is 1. The van der Waals surface area contributed by atoms with Crippen molar-refractivity contribution in [3.63, 3.8) is 0 Å². The van der Waals surface area contributed by atoms with Gasteiger partial charge in [-0.1, -0.05) is 45.1 Å². The van der Waals surface area contributed by atoms with Crippen LogP contribution >= 0.6 is 0 Å². The van der Waals surface area contributed by atoms with Gasteiger partial charge < -0.3 is 4.74 Å².